The highest BCUT2D eigenvalue weighted by atomic mass is 19.0. The molecule has 19 heavy (non-hydrogen) atoms. The van der Waals surface area contributed by atoms with Gasteiger partial charge in [-0.2, -0.15) is 0 Å². The molecule has 0 aromatic rings. The van der Waals surface area contributed by atoms with Gasteiger partial charge >= 0.3 is 0 Å². The Balaban J connectivity index is 0.00000324. The molecular formula is C17H36FN. The molecule has 0 aromatic heterocycles. The van der Waals surface area contributed by atoms with E-state index in [0.29, 0.717) is 0 Å². The first-order valence-electron chi connectivity index (χ1n) is 8.70. The summed E-state index contributed by atoms with van der Waals surface area (Å²) < 4.78 is 0. The number of quaternary nitrogens is 1. The van der Waals surface area contributed by atoms with Crippen LogP contribution in [0.3, 0.4) is 0 Å². The van der Waals surface area contributed by atoms with E-state index in [1.54, 1.807) is 0 Å². The number of nitrogens with one attached hydrogen (secondary N) is 1. The fraction of sp³-hybridized carbons (Fsp3) is 1.00. The zero-order chi connectivity index (χ0) is 13.1. The number of halogens is 1. The van der Waals surface area contributed by atoms with Crippen LogP contribution in [0.2, 0.25) is 0 Å². The molecule has 0 aromatic carbocycles. The quantitative estimate of drug-likeness (QED) is 0.532. The maximum absolute atomic E-state index is 2.32. The number of unbranched alkanes of at least 4 members (excludes halogenated alkanes) is 7. The van der Waals surface area contributed by atoms with Gasteiger partial charge in [0.2, 0.25) is 0 Å². The summed E-state index contributed by atoms with van der Waals surface area (Å²) in [6, 6.07) is 0. The fourth-order valence-corrected chi connectivity index (χ4v) is 3.32. The van der Waals surface area contributed by atoms with Crippen molar-refractivity contribution in [1.29, 1.82) is 0 Å². The summed E-state index contributed by atoms with van der Waals surface area (Å²) in [5.74, 6) is 1.06. The third-order valence-electron chi connectivity index (χ3n) is 4.58. The predicted molar refractivity (Wildman–Crippen MR) is 81.2 cm³/mol. The van der Waals surface area contributed by atoms with Crippen molar-refractivity contribution >= 4 is 0 Å². The summed E-state index contributed by atoms with van der Waals surface area (Å²) in [6.07, 6.45) is 16.0. The number of hydrogen-bond donors (Lipinski definition) is 1. The fourth-order valence-electron chi connectivity index (χ4n) is 3.32. The minimum Gasteiger partial charge on any atom is -1.00 e. The average molecular weight is 273 g/mol. The van der Waals surface area contributed by atoms with E-state index in [-0.39, 0.29) is 4.70 Å². The molecule has 0 amide bonds. The summed E-state index contributed by atoms with van der Waals surface area (Å²) >= 11 is 0. The van der Waals surface area contributed by atoms with E-state index < -0.39 is 0 Å². The lowest BCUT2D eigenvalue weighted by molar-refractivity contribution is -0.889. The molecule has 1 fully saturated rings. The molecule has 0 spiro atoms. The van der Waals surface area contributed by atoms with Gasteiger partial charge in [0.15, 0.2) is 0 Å². The molecule has 0 saturated carbocycles. The Morgan fingerprint density at radius 3 is 2.16 bits per heavy atom. The maximum atomic E-state index is 2.32. The second-order valence-corrected chi connectivity index (χ2v) is 6.37. The topological polar surface area (TPSA) is 4.44 Å². The van der Waals surface area contributed by atoms with Crippen LogP contribution < -0.4 is 9.60 Å². The Bertz CT molecular complexity index is 184. The van der Waals surface area contributed by atoms with Crippen molar-refractivity contribution < 1.29 is 9.60 Å². The van der Waals surface area contributed by atoms with Crippen molar-refractivity contribution in [2.75, 3.05) is 19.6 Å². The largest absolute Gasteiger partial charge is 1.00 e. The lowest BCUT2D eigenvalue weighted by Gasteiger charge is -2.13. The van der Waals surface area contributed by atoms with E-state index in [1.165, 1.54) is 90.3 Å². The third kappa shape index (κ3) is 9.43. The summed E-state index contributed by atoms with van der Waals surface area (Å²) in [5, 5.41) is 0. The van der Waals surface area contributed by atoms with E-state index in [1.807, 2.05) is 4.90 Å². The SMILES string of the molecule is CCCCCCCCC[NH+]1CCC(CCCC)C1.[F-]. The summed E-state index contributed by atoms with van der Waals surface area (Å²) in [6.45, 7) is 9.01. The molecule has 1 rings (SSSR count). The van der Waals surface area contributed by atoms with Crippen LogP contribution in [-0.4, -0.2) is 19.6 Å². The molecule has 1 heterocycles. The molecule has 1 N–H and O–H groups in total. The molecule has 1 aliphatic heterocycles. The molecule has 1 aliphatic rings. The van der Waals surface area contributed by atoms with E-state index in [4.69, 9.17) is 0 Å². The van der Waals surface area contributed by atoms with Gasteiger partial charge in [0, 0.05) is 12.3 Å². The van der Waals surface area contributed by atoms with Gasteiger partial charge in [-0.15, -0.1) is 0 Å². The highest BCUT2D eigenvalue weighted by Crippen LogP contribution is 2.13. The van der Waals surface area contributed by atoms with E-state index >= 15 is 0 Å². The first-order chi connectivity index (χ1) is 8.86. The molecule has 116 valence electrons. The van der Waals surface area contributed by atoms with Crippen molar-refractivity contribution in [3.63, 3.8) is 0 Å². The van der Waals surface area contributed by atoms with Crippen molar-refractivity contribution in [2.45, 2.75) is 84.5 Å². The molecular weight excluding hydrogens is 237 g/mol. The van der Waals surface area contributed by atoms with Crippen LogP contribution in [0.4, 0.5) is 0 Å². The van der Waals surface area contributed by atoms with Crippen molar-refractivity contribution in [3.8, 4) is 0 Å². The van der Waals surface area contributed by atoms with Crippen LogP contribution in [0.1, 0.15) is 84.5 Å². The minimum atomic E-state index is 0. The summed E-state index contributed by atoms with van der Waals surface area (Å²) in [4.78, 5) is 1.91. The smallest absolute Gasteiger partial charge is 0.0801 e. The van der Waals surface area contributed by atoms with Crippen LogP contribution in [0.15, 0.2) is 0 Å². The lowest BCUT2D eigenvalue weighted by atomic mass is 10.0. The van der Waals surface area contributed by atoms with Gasteiger partial charge in [-0.25, -0.2) is 0 Å². The van der Waals surface area contributed by atoms with Crippen LogP contribution in [0.25, 0.3) is 0 Å². The minimum absolute atomic E-state index is 0. The van der Waals surface area contributed by atoms with Gasteiger partial charge in [0.05, 0.1) is 19.6 Å². The van der Waals surface area contributed by atoms with Gasteiger partial charge in [0.25, 0.3) is 0 Å². The first-order valence-corrected chi connectivity index (χ1v) is 8.70. The standard InChI is InChI=1S/C17H35N.FH/c1-3-5-7-8-9-10-11-14-18-15-13-17(16-18)12-6-4-2;/h17H,3-16H2,1-2H3;1H. The predicted octanol–water partition coefficient (Wildman–Crippen LogP) is 0.836. The zero-order valence-corrected chi connectivity index (χ0v) is 13.4. The molecule has 1 saturated heterocycles. The van der Waals surface area contributed by atoms with E-state index in [0.717, 1.165) is 5.92 Å². The van der Waals surface area contributed by atoms with Crippen LogP contribution in [-0.2, 0) is 0 Å². The zero-order valence-electron chi connectivity index (χ0n) is 13.4. The Labute approximate surface area is 120 Å². The lowest BCUT2D eigenvalue weighted by Crippen LogP contribution is -3.10. The van der Waals surface area contributed by atoms with Crippen LogP contribution in [0.5, 0.6) is 0 Å². The second-order valence-electron chi connectivity index (χ2n) is 6.37. The Morgan fingerprint density at radius 2 is 1.47 bits per heavy atom. The Morgan fingerprint density at radius 1 is 0.842 bits per heavy atom. The van der Waals surface area contributed by atoms with Crippen molar-refractivity contribution in [3.05, 3.63) is 0 Å². The molecule has 2 heteroatoms. The van der Waals surface area contributed by atoms with Crippen molar-refractivity contribution in [1.82, 2.24) is 0 Å². The molecule has 2 unspecified atom stereocenters. The Kier molecular flexibility index (Phi) is 12.8. The molecule has 0 radical (unpaired) electrons. The molecule has 0 bridgehead atoms. The Hall–Kier alpha value is -0.110. The maximum Gasteiger partial charge on any atom is 0.0801 e. The second kappa shape index (κ2) is 12.9. The van der Waals surface area contributed by atoms with Crippen LogP contribution in [0, 0.1) is 5.92 Å². The highest BCUT2D eigenvalue weighted by Gasteiger charge is 2.24. The highest BCUT2D eigenvalue weighted by molar-refractivity contribution is 4.62. The van der Waals surface area contributed by atoms with E-state index in [2.05, 4.69) is 13.8 Å². The molecule has 0 aliphatic carbocycles. The normalized spacial score (nSPS) is 22.4. The number of hydrogen-bond acceptors (Lipinski definition) is 0. The van der Waals surface area contributed by atoms with E-state index in [9.17, 15) is 0 Å². The summed E-state index contributed by atoms with van der Waals surface area (Å²) in [7, 11) is 0. The van der Waals surface area contributed by atoms with Gasteiger partial charge in [-0.05, 0) is 19.3 Å². The number of rotatable bonds is 11. The molecule has 2 atom stereocenters. The van der Waals surface area contributed by atoms with Gasteiger partial charge in [0.1, 0.15) is 0 Å². The third-order valence-corrected chi connectivity index (χ3v) is 4.58. The number of likely N-dealkylation sites (tertiary alicyclic amines) is 1. The molecule has 1 nitrogen and oxygen atoms in total. The summed E-state index contributed by atoms with van der Waals surface area (Å²) in [5.41, 5.74) is 0. The van der Waals surface area contributed by atoms with Crippen molar-refractivity contribution in [2.24, 2.45) is 5.92 Å². The van der Waals surface area contributed by atoms with Gasteiger partial charge < -0.3 is 9.60 Å². The van der Waals surface area contributed by atoms with Crippen LogP contribution >= 0.6 is 0 Å². The first kappa shape index (κ1) is 18.9. The average Bonchev–Trinajstić information content (AvgIpc) is 2.83. The van der Waals surface area contributed by atoms with Gasteiger partial charge in [-0.3, -0.25) is 0 Å². The van der Waals surface area contributed by atoms with Gasteiger partial charge in [-0.1, -0.05) is 58.8 Å². The monoisotopic (exact) mass is 273 g/mol.